The lowest BCUT2D eigenvalue weighted by Gasteiger charge is -2.09. The van der Waals surface area contributed by atoms with Crippen molar-refractivity contribution in [3.8, 4) is 11.5 Å². The number of carbonyl (C=O) groups excluding carboxylic acids is 1. The van der Waals surface area contributed by atoms with Crippen LogP contribution in [0.15, 0.2) is 18.2 Å². The largest absolute Gasteiger partial charge is 0.493 e. The minimum absolute atomic E-state index is 0.202. The zero-order valence-electron chi connectivity index (χ0n) is 11.4. The third-order valence-corrected chi connectivity index (χ3v) is 3.73. The fourth-order valence-electron chi connectivity index (χ4n) is 2.33. The summed E-state index contributed by atoms with van der Waals surface area (Å²) in [6.45, 7) is 4.29. The quantitative estimate of drug-likeness (QED) is 0.803. The number of hydrogen-bond donors (Lipinski definition) is 0. The Kier molecular flexibility index (Phi) is 3.33. The van der Waals surface area contributed by atoms with Gasteiger partial charge in [0.05, 0.1) is 14.2 Å². The predicted octanol–water partition coefficient (Wildman–Crippen LogP) is 2.86. The summed E-state index contributed by atoms with van der Waals surface area (Å²) in [6.07, 6.45) is 1.49. The molecule has 0 N–H and O–H groups in total. The van der Waals surface area contributed by atoms with E-state index in [9.17, 15) is 4.79 Å². The molecule has 1 atom stereocenters. The first kappa shape index (κ1) is 12.9. The van der Waals surface area contributed by atoms with Gasteiger partial charge in [0.15, 0.2) is 11.5 Å². The van der Waals surface area contributed by atoms with Crippen LogP contribution < -0.4 is 9.47 Å². The van der Waals surface area contributed by atoms with Gasteiger partial charge in [-0.1, -0.05) is 19.9 Å². The SMILES string of the molecule is COc1ccc(CC(=O)C2CC2(C)C)cc1OC. The van der Waals surface area contributed by atoms with Crippen LogP contribution in [0.4, 0.5) is 0 Å². The van der Waals surface area contributed by atoms with E-state index in [0.717, 1.165) is 12.0 Å². The molecule has 0 spiro atoms. The zero-order valence-corrected chi connectivity index (χ0v) is 11.4. The van der Waals surface area contributed by atoms with Crippen molar-refractivity contribution >= 4 is 5.78 Å². The first-order chi connectivity index (χ1) is 8.47. The third-order valence-electron chi connectivity index (χ3n) is 3.73. The molecular formula is C15H20O3. The van der Waals surface area contributed by atoms with E-state index in [1.807, 2.05) is 18.2 Å². The molecule has 1 aliphatic carbocycles. The average molecular weight is 248 g/mol. The number of benzene rings is 1. The topological polar surface area (TPSA) is 35.5 Å². The van der Waals surface area contributed by atoms with Crippen molar-refractivity contribution in [2.24, 2.45) is 11.3 Å². The summed E-state index contributed by atoms with van der Waals surface area (Å²) >= 11 is 0. The molecule has 1 fully saturated rings. The zero-order chi connectivity index (χ0) is 13.3. The van der Waals surface area contributed by atoms with Crippen LogP contribution in [0.3, 0.4) is 0 Å². The number of ketones is 1. The minimum Gasteiger partial charge on any atom is -0.493 e. The van der Waals surface area contributed by atoms with Crippen LogP contribution in [0.1, 0.15) is 25.8 Å². The van der Waals surface area contributed by atoms with Gasteiger partial charge in [-0.3, -0.25) is 4.79 Å². The summed E-state index contributed by atoms with van der Waals surface area (Å²) in [7, 11) is 3.21. The van der Waals surface area contributed by atoms with Crippen molar-refractivity contribution in [1.29, 1.82) is 0 Å². The maximum atomic E-state index is 12.1. The van der Waals surface area contributed by atoms with Crippen LogP contribution in [-0.4, -0.2) is 20.0 Å². The van der Waals surface area contributed by atoms with E-state index in [1.54, 1.807) is 14.2 Å². The number of hydrogen-bond acceptors (Lipinski definition) is 3. The highest BCUT2D eigenvalue weighted by Gasteiger charge is 2.49. The number of carbonyl (C=O) groups is 1. The fourth-order valence-corrected chi connectivity index (χ4v) is 2.33. The van der Waals surface area contributed by atoms with Crippen LogP contribution in [-0.2, 0) is 11.2 Å². The Balaban J connectivity index is 2.08. The van der Waals surface area contributed by atoms with Crippen molar-refractivity contribution in [3.63, 3.8) is 0 Å². The summed E-state index contributed by atoms with van der Waals surface area (Å²) in [6, 6.07) is 5.65. The van der Waals surface area contributed by atoms with Gasteiger partial charge < -0.3 is 9.47 Å². The van der Waals surface area contributed by atoms with Gasteiger partial charge >= 0.3 is 0 Å². The van der Waals surface area contributed by atoms with Crippen LogP contribution >= 0.6 is 0 Å². The Hall–Kier alpha value is -1.51. The highest BCUT2D eigenvalue weighted by Crippen LogP contribution is 2.52. The van der Waals surface area contributed by atoms with E-state index in [2.05, 4.69) is 13.8 Å². The molecule has 0 aliphatic heterocycles. The lowest BCUT2D eigenvalue weighted by molar-refractivity contribution is -0.120. The molecule has 18 heavy (non-hydrogen) atoms. The van der Waals surface area contributed by atoms with Crippen molar-refractivity contribution in [3.05, 3.63) is 23.8 Å². The van der Waals surface area contributed by atoms with E-state index in [1.165, 1.54) is 0 Å². The Morgan fingerprint density at radius 1 is 1.28 bits per heavy atom. The van der Waals surface area contributed by atoms with E-state index >= 15 is 0 Å². The number of ether oxygens (including phenoxy) is 2. The average Bonchev–Trinajstić information content (AvgIpc) is 2.98. The molecular weight excluding hydrogens is 228 g/mol. The molecule has 0 heterocycles. The summed E-state index contributed by atoms with van der Waals surface area (Å²) in [5, 5.41) is 0. The second-order valence-electron chi connectivity index (χ2n) is 5.58. The lowest BCUT2D eigenvalue weighted by atomic mass is 10.0. The maximum absolute atomic E-state index is 12.1. The van der Waals surface area contributed by atoms with Crippen LogP contribution in [0, 0.1) is 11.3 Å². The Morgan fingerprint density at radius 2 is 1.89 bits per heavy atom. The molecule has 3 nitrogen and oxygen atoms in total. The molecule has 98 valence electrons. The molecule has 0 radical (unpaired) electrons. The number of rotatable bonds is 5. The van der Waals surface area contributed by atoms with Crippen LogP contribution in [0.2, 0.25) is 0 Å². The van der Waals surface area contributed by atoms with Crippen LogP contribution in [0.25, 0.3) is 0 Å². The smallest absolute Gasteiger partial charge is 0.161 e. The summed E-state index contributed by atoms with van der Waals surface area (Å²) in [5.41, 5.74) is 1.19. The van der Waals surface area contributed by atoms with E-state index in [-0.39, 0.29) is 11.3 Å². The predicted molar refractivity (Wildman–Crippen MR) is 70.1 cm³/mol. The normalized spacial score (nSPS) is 20.3. The first-order valence-corrected chi connectivity index (χ1v) is 6.21. The number of Topliss-reactive ketones (excluding diaryl/α,β-unsaturated/α-hetero) is 1. The van der Waals surface area contributed by atoms with Crippen LogP contribution in [0.5, 0.6) is 11.5 Å². The van der Waals surface area contributed by atoms with Crippen molar-refractivity contribution in [1.82, 2.24) is 0 Å². The second kappa shape index (κ2) is 4.63. The lowest BCUT2D eigenvalue weighted by Crippen LogP contribution is -2.09. The van der Waals surface area contributed by atoms with Gasteiger partial charge in [-0.05, 0) is 29.5 Å². The van der Waals surface area contributed by atoms with E-state index in [0.29, 0.717) is 23.7 Å². The van der Waals surface area contributed by atoms with Gasteiger partial charge in [0.25, 0.3) is 0 Å². The molecule has 3 heteroatoms. The first-order valence-electron chi connectivity index (χ1n) is 6.21. The van der Waals surface area contributed by atoms with E-state index in [4.69, 9.17) is 9.47 Å². The summed E-state index contributed by atoms with van der Waals surface area (Å²) in [4.78, 5) is 12.1. The van der Waals surface area contributed by atoms with Crippen molar-refractivity contribution < 1.29 is 14.3 Å². The third kappa shape index (κ3) is 2.50. The highest BCUT2D eigenvalue weighted by molar-refractivity contribution is 5.86. The molecule has 0 bridgehead atoms. The van der Waals surface area contributed by atoms with Gasteiger partial charge in [-0.15, -0.1) is 0 Å². The van der Waals surface area contributed by atoms with Gasteiger partial charge in [0, 0.05) is 12.3 Å². The Labute approximate surface area is 108 Å². The molecule has 1 aliphatic rings. The maximum Gasteiger partial charge on any atom is 0.161 e. The molecule has 1 saturated carbocycles. The molecule has 0 aromatic heterocycles. The van der Waals surface area contributed by atoms with Gasteiger partial charge in [0.2, 0.25) is 0 Å². The highest BCUT2D eigenvalue weighted by atomic mass is 16.5. The van der Waals surface area contributed by atoms with Gasteiger partial charge in [-0.25, -0.2) is 0 Å². The van der Waals surface area contributed by atoms with Gasteiger partial charge in [0.1, 0.15) is 5.78 Å². The Bertz CT molecular complexity index is 463. The summed E-state index contributed by atoms with van der Waals surface area (Å²) in [5.74, 6) is 1.93. The molecule has 0 amide bonds. The van der Waals surface area contributed by atoms with E-state index < -0.39 is 0 Å². The second-order valence-corrected chi connectivity index (χ2v) is 5.58. The van der Waals surface area contributed by atoms with Crippen molar-refractivity contribution in [2.75, 3.05) is 14.2 Å². The molecule has 2 rings (SSSR count). The molecule has 1 aromatic rings. The standard InChI is InChI=1S/C15H20O3/c1-15(2)9-11(15)12(16)7-10-5-6-13(17-3)14(8-10)18-4/h5-6,8,11H,7,9H2,1-4H3. The number of methoxy groups -OCH3 is 2. The molecule has 1 unspecified atom stereocenters. The molecule has 0 saturated heterocycles. The summed E-state index contributed by atoms with van der Waals surface area (Å²) < 4.78 is 10.4. The van der Waals surface area contributed by atoms with Gasteiger partial charge in [-0.2, -0.15) is 0 Å². The Morgan fingerprint density at radius 3 is 2.39 bits per heavy atom. The minimum atomic E-state index is 0.202. The molecule has 1 aromatic carbocycles. The van der Waals surface area contributed by atoms with Crippen molar-refractivity contribution in [2.45, 2.75) is 26.7 Å². The monoisotopic (exact) mass is 248 g/mol. The fraction of sp³-hybridized carbons (Fsp3) is 0.533.